The van der Waals surface area contributed by atoms with Crippen molar-refractivity contribution in [3.63, 3.8) is 0 Å². The standard InChI is InChI=1S/C8H16FN/c1-7-3-2-4-8(7)10-6-5-9/h7-8,10H,2-6H2,1H3/t7-,8-/m0/s1. The summed E-state index contributed by atoms with van der Waals surface area (Å²) in [4.78, 5) is 0. The van der Waals surface area contributed by atoms with Gasteiger partial charge in [-0.1, -0.05) is 13.3 Å². The van der Waals surface area contributed by atoms with Gasteiger partial charge in [0, 0.05) is 12.6 Å². The first-order chi connectivity index (χ1) is 4.84. The van der Waals surface area contributed by atoms with E-state index < -0.39 is 0 Å². The molecule has 0 radical (unpaired) electrons. The number of nitrogens with one attached hydrogen (secondary N) is 1. The van der Waals surface area contributed by atoms with Crippen LogP contribution in [-0.2, 0) is 0 Å². The second kappa shape index (κ2) is 3.91. The smallest absolute Gasteiger partial charge is 0.102 e. The first-order valence-corrected chi connectivity index (χ1v) is 4.14. The molecule has 1 fully saturated rings. The Bertz CT molecular complexity index is 95.3. The topological polar surface area (TPSA) is 12.0 Å². The lowest BCUT2D eigenvalue weighted by Crippen LogP contribution is -2.32. The Morgan fingerprint density at radius 1 is 1.50 bits per heavy atom. The molecular formula is C8H16FN. The maximum atomic E-state index is 11.7. The van der Waals surface area contributed by atoms with Crippen molar-refractivity contribution in [3.05, 3.63) is 0 Å². The molecule has 1 nitrogen and oxygen atoms in total. The van der Waals surface area contributed by atoms with Crippen molar-refractivity contribution in [2.24, 2.45) is 5.92 Å². The lowest BCUT2D eigenvalue weighted by Gasteiger charge is -2.15. The molecule has 1 aliphatic carbocycles. The lowest BCUT2D eigenvalue weighted by atomic mass is 10.1. The molecule has 10 heavy (non-hydrogen) atoms. The molecule has 0 aliphatic heterocycles. The highest BCUT2D eigenvalue weighted by atomic mass is 19.1. The van der Waals surface area contributed by atoms with E-state index in [1.54, 1.807) is 0 Å². The van der Waals surface area contributed by atoms with Gasteiger partial charge in [-0.3, -0.25) is 0 Å². The summed E-state index contributed by atoms with van der Waals surface area (Å²) in [7, 11) is 0. The van der Waals surface area contributed by atoms with Crippen LogP contribution in [0, 0.1) is 5.92 Å². The van der Waals surface area contributed by atoms with Gasteiger partial charge in [0.25, 0.3) is 0 Å². The average molecular weight is 145 g/mol. The summed E-state index contributed by atoms with van der Waals surface area (Å²) < 4.78 is 11.7. The number of hydrogen-bond donors (Lipinski definition) is 1. The van der Waals surface area contributed by atoms with Gasteiger partial charge in [0.2, 0.25) is 0 Å². The van der Waals surface area contributed by atoms with Crippen LogP contribution in [0.5, 0.6) is 0 Å². The van der Waals surface area contributed by atoms with Gasteiger partial charge in [0.05, 0.1) is 0 Å². The molecule has 0 saturated heterocycles. The number of rotatable bonds is 3. The van der Waals surface area contributed by atoms with Crippen molar-refractivity contribution in [2.75, 3.05) is 13.2 Å². The minimum atomic E-state index is -0.233. The Morgan fingerprint density at radius 3 is 2.80 bits per heavy atom. The van der Waals surface area contributed by atoms with Gasteiger partial charge in [0.15, 0.2) is 0 Å². The van der Waals surface area contributed by atoms with Crippen molar-refractivity contribution in [1.29, 1.82) is 0 Å². The summed E-state index contributed by atoms with van der Waals surface area (Å²) in [6.45, 7) is 2.54. The zero-order valence-electron chi connectivity index (χ0n) is 6.57. The largest absolute Gasteiger partial charge is 0.311 e. The van der Waals surface area contributed by atoms with E-state index in [-0.39, 0.29) is 6.67 Å². The third-order valence-corrected chi connectivity index (χ3v) is 2.36. The molecule has 0 heterocycles. The van der Waals surface area contributed by atoms with Crippen molar-refractivity contribution in [3.8, 4) is 0 Å². The number of alkyl halides is 1. The Hall–Kier alpha value is -0.110. The molecule has 0 amide bonds. The summed E-state index contributed by atoms with van der Waals surface area (Å²) in [6.07, 6.45) is 3.86. The van der Waals surface area contributed by atoms with Crippen LogP contribution in [0.15, 0.2) is 0 Å². The average Bonchev–Trinajstić information content (AvgIpc) is 2.31. The van der Waals surface area contributed by atoms with Crippen LogP contribution < -0.4 is 5.32 Å². The molecule has 1 saturated carbocycles. The lowest BCUT2D eigenvalue weighted by molar-refractivity contribution is 0.388. The van der Waals surface area contributed by atoms with E-state index in [2.05, 4.69) is 12.2 Å². The predicted octanol–water partition coefficient (Wildman–Crippen LogP) is 1.73. The Balaban J connectivity index is 2.14. The quantitative estimate of drug-likeness (QED) is 0.637. The van der Waals surface area contributed by atoms with Crippen LogP contribution >= 0.6 is 0 Å². The van der Waals surface area contributed by atoms with Crippen LogP contribution in [0.1, 0.15) is 26.2 Å². The fourth-order valence-corrected chi connectivity index (χ4v) is 1.69. The summed E-state index contributed by atoms with van der Waals surface area (Å²) in [5.74, 6) is 0.756. The maximum Gasteiger partial charge on any atom is 0.102 e. The van der Waals surface area contributed by atoms with Gasteiger partial charge in [-0.2, -0.15) is 0 Å². The second-order valence-electron chi connectivity index (χ2n) is 3.16. The van der Waals surface area contributed by atoms with Gasteiger partial charge < -0.3 is 5.32 Å². The van der Waals surface area contributed by atoms with Gasteiger partial charge in [-0.15, -0.1) is 0 Å². The minimum absolute atomic E-state index is 0.233. The molecule has 0 aromatic rings. The summed E-state index contributed by atoms with van der Waals surface area (Å²) >= 11 is 0. The summed E-state index contributed by atoms with van der Waals surface area (Å²) in [5.41, 5.74) is 0. The van der Waals surface area contributed by atoms with E-state index in [0.717, 1.165) is 5.92 Å². The molecule has 1 N–H and O–H groups in total. The van der Waals surface area contributed by atoms with Crippen molar-refractivity contribution >= 4 is 0 Å². The third-order valence-electron chi connectivity index (χ3n) is 2.36. The number of halogens is 1. The Labute approximate surface area is 62.0 Å². The third kappa shape index (κ3) is 1.94. The monoisotopic (exact) mass is 145 g/mol. The summed E-state index contributed by atoms with van der Waals surface area (Å²) in [6, 6.07) is 0.593. The van der Waals surface area contributed by atoms with E-state index in [9.17, 15) is 4.39 Å². The second-order valence-corrected chi connectivity index (χ2v) is 3.16. The fourth-order valence-electron chi connectivity index (χ4n) is 1.69. The molecule has 1 rings (SSSR count). The van der Waals surface area contributed by atoms with E-state index in [1.165, 1.54) is 19.3 Å². The minimum Gasteiger partial charge on any atom is -0.311 e. The zero-order valence-corrected chi connectivity index (χ0v) is 6.57. The first-order valence-electron chi connectivity index (χ1n) is 4.14. The molecule has 0 aromatic carbocycles. The van der Waals surface area contributed by atoms with Gasteiger partial charge in [0.1, 0.15) is 6.67 Å². The molecule has 1 aliphatic rings. The highest BCUT2D eigenvalue weighted by Gasteiger charge is 2.21. The van der Waals surface area contributed by atoms with Crippen LogP contribution in [0.25, 0.3) is 0 Å². The molecular weight excluding hydrogens is 129 g/mol. The predicted molar refractivity (Wildman–Crippen MR) is 40.8 cm³/mol. The molecule has 0 unspecified atom stereocenters. The van der Waals surface area contributed by atoms with Crippen LogP contribution in [0.3, 0.4) is 0 Å². The van der Waals surface area contributed by atoms with Crippen molar-refractivity contribution < 1.29 is 4.39 Å². The fraction of sp³-hybridized carbons (Fsp3) is 1.00. The van der Waals surface area contributed by atoms with Crippen molar-refractivity contribution in [2.45, 2.75) is 32.2 Å². The zero-order chi connectivity index (χ0) is 7.40. The molecule has 0 bridgehead atoms. The van der Waals surface area contributed by atoms with E-state index in [0.29, 0.717) is 12.6 Å². The summed E-state index contributed by atoms with van der Waals surface area (Å²) in [5, 5.41) is 3.21. The Kier molecular flexibility index (Phi) is 3.13. The van der Waals surface area contributed by atoms with Gasteiger partial charge >= 0.3 is 0 Å². The van der Waals surface area contributed by atoms with E-state index in [4.69, 9.17) is 0 Å². The number of hydrogen-bond acceptors (Lipinski definition) is 1. The van der Waals surface area contributed by atoms with Crippen LogP contribution in [-0.4, -0.2) is 19.3 Å². The highest BCUT2D eigenvalue weighted by molar-refractivity contribution is 4.79. The normalized spacial score (nSPS) is 33.0. The van der Waals surface area contributed by atoms with Crippen LogP contribution in [0.4, 0.5) is 4.39 Å². The van der Waals surface area contributed by atoms with Gasteiger partial charge in [-0.25, -0.2) is 4.39 Å². The molecule has 60 valence electrons. The van der Waals surface area contributed by atoms with Gasteiger partial charge in [-0.05, 0) is 18.8 Å². The molecule has 2 atom stereocenters. The molecule has 2 heteroatoms. The van der Waals surface area contributed by atoms with Crippen molar-refractivity contribution in [1.82, 2.24) is 5.32 Å². The highest BCUT2D eigenvalue weighted by Crippen LogP contribution is 2.24. The van der Waals surface area contributed by atoms with E-state index in [1.807, 2.05) is 0 Å². The Morgan fingerprint density at radius 2 is 2.30 bits per heavy atom. The molecule has 0 spiro atoms. The SMILES string of the molecule is C[C@H]1CCC[C@@H]1NCCF. The molecule has 0 aromatic heterocycles. The van der Waals surface area contributed by atoms with E-state index >= 15 is 0 Å². The maximum absolute atomic E-state index is 11.7. The van der Waals surface area contributed by atoms with Crippen LogP contribution in [0.2, 0.25) is 0 Å². The first kappa shape index (κ1) is 7.99.